The van der Waals surface area contributed by atoms with Crippen molar-refractivity contribution in [1.82, 2.24) is 4.90 Å². The first-order valence-electron chi connectivity index (χ1n) is 9.49. The molecule has 0 spiro atoms. The first-order chi connectivity index (χ1) is 14.4. The molecule has 2 aromatic rings. The van der Waals surface area contributed by atoms with Gasteiger partial charge in [0.05, 0.1) is 13.0 Å². The maximum absolute atomic E-state index is 12.9. The zero-order valence-corrected chi connectivity index (χ0v) is 16.5. The van der Waals surface area contributed by atoms with E-state index in [0.717, 1.165) is 0 Å². The maximum Gasteiger partial charge on any atom is 0.306 e. The van der Waals surface area contributed by atoms with Gasteiger partial charge in [-0.25, -0.2) is 4.39 Å². The SMILES string of the molecule is CN(CC1COc2ccccc2O1)C(=O)COC(=O)CCC(=O)c1ccc(F)cc1. The van der Waals surface area contributed by atoms with E-state index in [1.807, 2.05) is 12.1 Å². The standard InChI is InChI=1S/C22H22FNO6/c1-24(12-17-13-28-19-4-2-3-5-20(19)30-17)21(26)14-29-22(27)11-10-18(25)15-6-8-16(23)9-7-15/h2-9,17H,10-14H2,1H3. The van der Waals surface area contributed by atoms with Crippen molar-refractivity contribution < 1.29 is 33.0 Å². The Kier molecular flexibility index (Phi) is 7.00. The van der Waals surface area contributed by atoms with E-state index >= 15 is 0 Å². The van der Waals surface area contributed by atoms with Crippen LogP contribution in [0.1, 0.15) is 23.2 Å². The van der Waals surface area contributed by atoms with Gasteiger partial charge in [0, 0.05) is 19.0 Å². The molecule has 0 aliphatic carbocycles. The van der Waals surface area contributed by atoms with E-state index in [0.29, 0.717) is 23.7 Å². The van der Waals surface area contributed by atoms with E-state index in [9.17, 15) is 18.8 Å². The molecule has 2 aromatic carbocycles. The lowest BCUT2D eigenvalue weighted by Gasteiger charge is -2.29. The summed E-state index contributed by atoms with van der Waals surface area (Å²) in [5.74, 6) is -0.513. The predicted molar refractivity (Wildman–Crippen MR) is 105 cm³/mol. The summed E-state index contributed by atoms with van der Waals surface area (Å²) in [6.45, 7) is 0.151. The molecule has 3 rings (SSSR count). The van der Waals surface area contributed by atoms with Crippen molar-refractivity contribution in [2.45, 2.75) is 18.9 Å². The summed E-state index contributed by atoms with van der Waals surface area (Å²) < 4.78 is 29.3. The van der Waals surface area contributed by atoms with Crippen molar-refractivity contribution in [2.24, 2.45) is 0 Å². The second kappa shape index (κ2) is 9.87. The van der Waals surface area contributed by atoms with Gasteiger partial charge in [-0.1, -0.05) is 12.1 Å². The Morgan fingerprint density at radius 2 is 1.77 bits per heavy atom. The number of hydrogen-bond donors (Lipinski definition) is 0. The Balaban J connectivity index is 1.37. The molecule has 0 fully saturated rings. The molecule has 1 heterocycles. The summed E-state index contributed by atoms with van der Waals surface area (Å²) in [4.78, 5) is 37.4. The van der Waals surface area contributed by atoms with Gasteiger partial charge in [0.2, 0.25) is 0 Å². The number of likely N-dealkylation sites (N-methyl/N-ethyl adjacent to an activating group) is 1. The third-order valence-electron chi connectivity index (χ3n) is 4.55. The number of carbonyl (C=O) groups is 3. The monoisotopic (exact) mass is 415 g/mol. The van der Waals surface area contributed by atoms with E-state index in [2.05, 4.69) is 0 Å². The molecule has 0 aromatic heterocycles. The fraction of sp³-hybridized carbons (Fsp3) is 0.318. The number of halogens is 1. The predicted octanol–water partition coefficient (Wildman–Crippen LogP) is 2.63. The lowest BCUT2D eigenvalue weighted by Crippen LogP contribution is -2.43. The number of fused-ring (bicyclic) bond motifs is 1. The third-order valence-corrected chi connectivity index (χ3v) is 4.55. The normalized spacial score (nSPS) is 14.7. The lowest BCUT2D eigenvalue weighted by molar-refractivity contribution is -0.151. The smallest absolute Gasteiger partial charge is 0.306 e. The molecule has 0 N–H and O–H groups in total. The van der Waals surface area contributed by atoms with E-state index in [-0.39, 0.29) is 31.3 Å². The van der Waals surface area contributed by atoms with Crippen molar-refractivity contribution in [1.29, 1.82) is 0 Å². The van der Waals surface area contributed by atoms with Gasteiger partial charge < -0.3 is 19.1 Å². The fourth-order valence-electron chi connectivity index (χ4n) is 2.88. The number of ketones is 1. The van der Waals surface area contributed by atoms with Crippen molar-refractivity contribution in [3.63, 3.8) is 0 Å². The van der Waals surface area contributed by atoms with Crippen LogP contribution in [0.4, 0.5) is 4.39 Å². The summed E-state index contributed by atoms with van der Waals surface area (Å²) in [6.07, 6.45) is -0.581. The summed E-state index contributed by atoms with van der Waals surface area (Å²) in [5, 5.41) is 0. The molecule has 1 aliphatic heterocycles. The molecule has 8 heteroatoms. The van der Waals surface area contributed by atoms with Gasteiger partial charge in [-0.15, -0.1) is 0 Å². The van der Waals surface area contributed by atoms with Gasteiger partial charge in [0.15, 0.2) is 30.0 Å². The number of carbonyl (C=O) groups excluding carboxylic acids is 3. The lowest BCUT2D eigenvalue weighted by atomic mass is 10.1. The van der Waals surface area contributed by atoms with Gasteiger partial charge in [-0.05, 0) is 36.4 Å². The van der Waals surface area contributed by atoms with E-state index in [4.69, 9.17) is 14.2 Å². The van der Waals surface area contributed by atoms with Crippen molar-refractivity contribution in [2.75, 3.05) is 26.8 Å². The molecule has 1 unspecified atom stereocenters. The zero-order chi connectivity index (χ0) is 21.5. The number of benzene rings is 2. The van der Waals surface area contributed by atoms with Crippen LogP contribution in [0.2, 0.25) is 0 Å². The van der Waals surface area contributed by atoms with Crippen molar-refractivity contribution >= 4 is 17.7 Å². The number of esters is 1. The Morgan fingerprint density at radius 3 is 2.50 bits per heavy atom. The van der Waals surface area contributed by atoms with Gasteiger partial charge >= 0.3 is 5.97 Å². The highest BCUT2D eigenvalue weighted by Gasteiger charge is 2.24. The molecule has 0 bridgehead atoms. The van der Waals surface area contributed by atoms with Crippen LogP contribution in [0.15, 0.2) is 48.5 Å². The number of ether oxygens (including phenoxy) is 3. The van der Waals surface area contributed by atoms with Gasteiger partial charge in [0.25, 0.3) is 5.91 Å². The molecule has 0 radical (unpaired) electrons. The Morgan fingerprint density at radius 1 is 1.07 bits per heavy atom. The van der Waals surface area contributed by atoms with Crippen LogP contribution in [0, 0.1) is 5.82 Å². The maximum atomic E-state index is 12.9. The highest BCUT2D eigenvalue weighted by atomic mass is 19.1. The van der Waals surface area contributed by atoms with Gasteiger partial charge in [-0.3, -0.25) is 14.4 Å². The number of rotatable bonds is 8. The molecule has 0 saturated heterocycles. The number of amides is 1. The summed E-state index contributed by atoms with van der Waals surface area (Å²) >= 11 is 0. The van der Waals surface area contributed by atoms with Crippen LogP contribution in [0.25, 0.3) is 0 Å². The van der Waals surface area contributed by atoms with Crippen LogP contribution in [0.3, 0.4) is 0 Å². The Labute approximate surface area is 173 Å². The zero-order valence-electron chi connectivity index (χ0n) is 16.5. The summed E-state index contributed by atoms with van der Waals surface area (Å²) in [5.41, 5.74) is 0.316. The molecule has 7 nitrogen and oxygen atoms in total. The first kappa shape index (κ1) is 21.3. The Bertz CT molecular complexity index is 914. The third kappa shape index (κ3) is 5.79. The molecular formula is C22H22FNO6. The topological polar surface area (TPSA) is 82.1 Å². The molecule has 1 aliphatic rings. The fourth-order valence-corrected chi connectivity index (χ4v) is 2.88. The summed E-state index contributed by atoms with van der Waals surface area (Å²) in [6, 6.07) is 12.4. The first-order valence-corrected chi connectivity index (χ1v) is 9.49. The molecule has 1 amide bonds. The largest absolute Gasteiger partial charge is 0.486 e. The number of hydrogen-bond acceptors (Lipinski definition) is 6. The van der Waals surface area contributed by atoms with Crippen LogP contribution < -0.4 is 9.47 Å². The van der Waals surface area contributed by atoms with Crippen LogP contribution in [-0.4, -0.2) is 55.5 Å². The minimum absolute atomic E-state index is 0.0822. The minimum Gasteiger partial charge on any atom is -0.486 e. The van der Waals surface area contributed by atoms with Gasteiger partial charge in [-0.2, -0.15) is 0 Å². The van der Waals surface area contributed by atoms with Crippen LogP contribution in [0.5, 0.6) is 11.5 Å². The Hall–Kier alpha value is -3.42. The second-order valence-electron chi connectivity index (χ2n) is 6.86. The number of nitrogens with zero attached hydrogens (tertiary/aromatic N) is 1. The highest BCUT2D eigenvalue weighted by Crippen LogP contribution is 2.30. The molecular weight excluding hydrogens is 393 g/mol. The average Bonchev–Trinajstić information content (AvgIpc) is 2.76. The molecule has 158 valence electrons. The molecule has 0 saturated carbocycles. The number of para-hydroxylation sites is 2. The van der Waals surface area contributed by atoms with Gasteiger partial charge in [0.1, 0.15) is 12.4 Å². The second-order valence-corrected chi connectivity index (χ2v) is 6.86. The molecule has 30 heavy (non-hydrogen) atoms. The van der Waals surface area contributed by atoms with Crippen molar-refractivity contribution in [3.05, 3.63) is 59.9 Å². The molecule has 1 atom stereocenters. The van der Waals surface area contributed by atoms with Crippen molar-refractivity contribution in [3.8, 4) is 11.5 Å². The van der Waals surface area contributed by atoms with E-state index in [1.165, 1.54) is 29.2 Å². The highest BCUT2D eigenvalue weighted by molar-refractivity contribution is 5.97. The minimum atomic E-state index is -0.654. The average molecular weight is 415 g/mol. The van der Waals surface area contributed by atoms with Crippen LogP contribution in [-0.2, 0) is 14.3 Å². The quantitative estimate of drug-likeness (QED) is 0.487. The summed E-state index contributed by atoms with van der Waals surface area (Å²) in [7, 11) is 1.58. The van der Waals surface area contributed by atoms with E-state index < -0.39 is 24.3 Å². The number of Topliss-reactive ketones (excluding diaryl/α,β-unsaturated/α-hetero) is 1. The van der Waals surface area contributed by atoms with Crippen LogP contribution >= 0.6 is 0 Å². The van der Waals surface area contributed by atoms with E-state index in [1.54, 1.807) is 19.2 Å².